The Hall–Kier alpha value is -2.00. The third kappa shape index (κ3) is 5.04. The molecule has 4 nitrogen and oxygen atoms in total. The molecular formula is C18H16F3NO3S2. The van der Waals surface area contributed by atoms with Gasteiger partial charge >= 0.3 is 6.18 Å². The highest BCUT2D eigenvalue weighted by molar-refractivity contribution is 8.02. The Kier molecular flexibility index (Phi) is 5.53. The van der Waals surface area contributed by atoms with Crippen molar-refractivity contribution in [2.75, 3.05) is 16.8 Å². The lowest BCUT2D eigenvalue weighted by Crippen LogP contribution is -2.14. The molecule has 1 saturated heterocycles. The van der Waals surface area contributed by atoms with Crippen LogP contribution in [0.25, 0.3) is 0 Å². The monoisotopic (exact) mass is 415 g/mol. The van der Waals surface area contributed by atoms with Gasteiger partial charge in [0.05, 0.1) is 22.6 Å². The number of halogens is 3. The van der Waals surface area contributed by atoms with Crippen LogP contribution in [0.3, 0.4) is 0 Å². The molecule has 1 amide bonds. The summed E-state index contributed by atoms with van der Waals surface area (Å²) in [7, 11) is -3.03. The molecule has 1 atom stereocenters. The highest BCUT2D eigenvalue weighted by atomic mass is 32.2. The van der Waals surface area contributed by atoms with Gasteiger partial charge in [-0.05, 0) is 42.8 Å². The summed E-state index contributed by atoms with van der Waals surface area (Å²) in [4.78, 5) is 13.2. The van der Waals surface area contributed by atoms with Crippen LogP contribution in [-0.2, 0) is 16.0 Å². The number of thioether (sulfide) groups is 1. The van der Waals surface area contributed by atoms with Crippen molar-refractivity contribution in [3.8, 4) is 0 Å². The molecule has 0 radical (unpaired) electrons. The van der Waals surface area contributed by atoms with E-state index < -0.39 is 27.5 Å². The minimum absolute atomic E-state index is 0.0759. The van der Waals surface area contributed by atoms with Gasteiger partial charge < -0.3 is 5.32 Å². The second-order valence-electron chi connectivity index (χ2n) is 6.17. The summed E-state index contributed by atoms with van der Waals surface area (Å²) >= 11 is 1.34. The number of alkyl halides is 3. The van der Waals surface area contributed by atoms with Crippen molar-refractivity contribution in [2.45, 2.75) is 22.7 Å². The first-order valence-electron chi connectivity index (χ1n) is 8.09. The molecule has 2 aromatic rings. The van der Waals surface area contributed by atoms with E-state index in [1.165, 1.54) is 23.9 Å². The van der Waals surface area contributed by atoms with E-state index in [9.17, 15) is 26.4 Å². The van der Waals surface area contributed by atoms with E-state index in [0.717, 1.165) is 12.1 Å². The predicted molar refractivity (Wildman–Crippen MR) is 98.8 cm³/mol. The van der Waals surface area contributed by atoms with Crippen molar-refractivity contribution in [3.05, 3.63) is 59.7 Å². The molecule has 1 fully saturated rings. The van der Waals surface area contributed by atoms with Crippen molar-refractivity contribution in [1.82, 2.24) is 0 Å². The molecule has 1 N–H and O–H groups in total. The summed E-state index contributed by atoms with van der Waals surface area (Å²) in [6.45, 7) is 0. The number of sulfone groups is 1. The molecular weight excluding hydrogens is 399 g/mol. The van der Waals surface area contributed by atoms with Gasteiger partial charge in [-0.1, -0.05) is 12.1 Å². The molecule has 1 heterocycles. The summed E-state index contributed by atoms with van der Waals surface area (Å²) in [5, 5.41) is 2.46. The Balaban J connectivity index is 1.73. The van der Waals surface area contributed by atoms with Crippen LogP contribution in [0.1, 0.15) is 22.3 Å². The van der Waals surface area contributed by atoms with E-state index in [1.807, 2.05) is 0 Å². The van der Waals surface area contributed by atoms with Gasteiger partial charge in [-0.3, -0.25) is 4.79 Å². The number of hydrogen-bond donors (Lipinski definition) is 1. The standard InChI is InChI=1S/C18H16F3NO3S2/c19-18(20,21)12-5-7-13(8-6-12)22-17(23)15-3-1-2-4-16(15)26-14-9-10-27(24,25)11-14/h1-8,14H,9-11H2,(H,22,23)/t14-/m1/s1. The Morgan fingerprint density at radius 2 is 1.74 bits per heavy atom. The normalized spacial score (nSPS) is 19.0. The molecule has 9 heteroatoms. The molecule has 0 saturated carbocycles. The fourth-order valence-electron chi connectivity index (χ4n) is 2.73. The van der Waals surface area contributed by atoms with Gasteiger partial charge in [0.25, 0.3) is 5.91 Å². The Labute approximate surface area is 159 Å². The summed E-state index contributed by atoms with van der Waals surface area (Å²) in [6.07, 6.45) is -3.91. The van der Waals surface area contributed by atoms with Crippen molar-refractivity contribution in [2.24, 2.45) is 0 Å². The zero-order chi connectivity index (χ0) is 19.7. The lowest BCUT2D eigenvalue weighted by atomic mass is 10.1. The molecule has 27 heavy (non-hydrogen) atoms. The topological polar surface area (TPSA) is 63.2 Å². The van der Waals surface area contributed by atoms with E-state index in [2.05, 4.69) is 5.32 Å². The van der Waals surface area contributed by atoms with Gasteiger partial charge in [0.1, 0.15) is 0 Å². The molecule has 1 aliphatic heterocycles. The number of hydrogen-bond acceptors (Lipinski definition) is 4. The molecule has 3 rings (SSSR count). The molecule has 144 valence electrons. The number of carbonyl (C=O) groups is 1. The summed E-state index contributed by atoms with van der Waals surface area (Å²) in [5.74, 6) is -0.240. The minimum atomic E-state index is -4.44. The molecule has 2 aromatic carbocycles. The summed E-state index contributed by atoms with van der Waals surface area (Å²) in [5.41, 5.74) is -0.193. The second kappa shape index (κ2) is 7.55. The minimum Gasteiger partial charge on any atom is -0.322 e. The number of benzene rings is 2. The third-order valence-electron chi connectivity index (χ3n) is 4.09. The van der Waals surface area contributed by atoms with Crippen molar-refractivity contribution in [1.29, 1.82) is 0 Å². The van der Waals surface area contributed by atoms with Gasteiger partial charge in [-0.15, -0.1) is 11.8 Å². The zero-order valence-corrected chi connectivity index (χ0v) is 15.6. The first-order chi connectivity index (χ1) is 12.6. The van der Waals surface area contributed by atoms with Gasteiger partial charge in [-0.2, -0.15) is 13.2 Å². The van der Waals surface area contributed by atoms with Gasteiger partial charge in [0.2, 0.25) is 0 Å². The van der Waals surface area contributed by atoms with Crippen LogP contribution in [0, 0.1) is 0 Å². The highest BCUT2D eigenvalue weighted by Gasteiger charge is 2.31. The van der Waals surface area contributed by atoms with E-state index in [1.54, 1.807) is 24.3 Å². The number of anilines is 1. The van der Waals surface area contributed by atoms with Crippen LogP contribution in [0.5, 0.6) is 0 Å². The largest absolute Gasteiger partial charge is 0.416 e. The lowest BCUT2D eigenvalue weighted by Gasteiger charge is -2.13. The molecule has 1 aliphatic rings. The van der Waals surface area contributed by atoms with Gasteiger partial charge in [0.15, 0.2) is 9.84 Å². The van der Waals surface area contributed by atoms with Crippen molar-refractivity contribution < 1.29 is 26.4 Å². The number of nitrogens with one attached hydrogen (secondary N) is 1. The van der Waals surface area contributed by atoms with E-state index in [4.69, 9.17) is 0 Å². The quantitative estimate of drug-likeness (QED) is 0.812. The van der Waals surface area contributed by atoms with Crippen LogP contribution < -0.4 is 5.32 Å². The fourth-order valence-corrected chi connectivity index (χ4v) is 6.36. The van der Waals surface area contributed by atoms with E-state index >= 15 is 0 Å². The molecule has 0 aromatic heterocycles. The maximum Gasteiger partial charge on any atom is 0.416 e. The van der Waals surface area contributed by atoms with Crippen LogP contribution >= 0.6 is 11.8 Å². The maximum absolute atomic E-state index is 12.6. The SMILES string of the molecule is O=C(Nc1ccc(C(F)(F)F)cc1)c1ccccc1S[C@@H]1CCS(=O)(=O)C1. The highest BCUT2D eigenvalue weighted by Crippen LogP contribution is 2.34. The fraction of sp³-hybridized carbons (Fsp3) is 0.278. The van der Waals surface area contributed by atoms with Crippen molar-refractivity contribution >= 4 is 33.2 Å². The third-order valence-corrected chi connectivity index (χ3v) is 7.41. The number of rotatable bonds is 4. The van der Waals surface area contributed by atoms with Crippen LogP contribution in [0.2, 0.25) is 0 Å². The predicted octanol–water partition coefficient (Wildman–Crippen LogP) is 4.24. The van der Waals surface area contributed by atoms with Gasteiger partial charge in [-0.25, -0.2) is 8.42 Å². The molecule has 0 bridgehead atoms. The second-order valence-corrected chi connectivity index (χ2v) is 9.74. The maximum atomic E-state index is 12.6. The lowest BCUT2D eigenvalue weighted by molar-refractivity contribution is -0.137. The summed E-state index contributed by atoms with van der Waals surface area (Å²) < 4.78 is 61.1. The average molecular weight is 415 g/mol. The van der Waals surface area contributed by atoms with Crippen LogP contribution in [-0.4, -0.2) is 31.1 Å². The Morgan fingerprint density at radius 1 is 1.07 bits per heavy atom. The number of amides is 1. The number of carbonyl (C=O) groups excluding carboxylic acids is 1. The van der Waals surface area contributed by atoms with Crippen LogP contribution in [0.15, 0.2) is 53.4 Å². The average Bonchev–Trinajstić information content (AvgIpc) is 2.93. The van der Waals surface area contributed by atoms with Crippen LogP contribution in [0.4, 0.5) is 18.9 Å². The Morgan fingerprint density at radius 3 is 2.33 bits per heavy atom. The summed E-state index contributed by atoms with van der Waals surface area (Å²) in [6, 6.07) is 11.0. The molecule has 0 unspecified atom stereocenters. The zero-order valence-electron chi connectivity index (χ0n) is 14.0. The van der Waals surface area contributed by atoms with E-state index in [-0.39, 0.29) is 22.4 Å². The molecule has 0 spiro atoms. The smallest absolute Gasteiger partial charge is 0.322 e. The molecule has 0 aliphatic carbocycles. The van der Waals surface area contributed by atoms with Crippen molar-refractivity contribution in [3.63, 3.8) is 0 Å². The van der Waals surface area contributed by atoms with E-state index in [0.29, 0.717) is 16.9 Å². The van der Waals surface area contributed by atoms with Gasteiger partial charge in [0, 0.05) is 15.8 Å². The Bertz CT molecular complexity index is 941. The first-order valence-corrected chi connectivity index (χ1v) is 10.8. The first kappa shape index (κ1) is 19.8.